The molecule has 6 N–H and O–H groups in total. The number of ether oxygens (including phenoxy) is 1. The van der Waals surface area contributed by atoms with Gasteiger partial charge in [0.2, 0.25) is 0 Å². The van der Waals surface area contributed by atoms with E-state index in [1.165, 1.54) is 0 Å². The molecule has 17 heavy (non-hydrogen) atoms. The van der Waals surface area contributed by atoms with Gasteiger partial charge in [0.25, 0.3) is 0 Å². The summed E-state index contributed by atoms with van der Waals surface area (Å²) in [6.07, 6.45) is -4.38. The molecule has 0 aromatic rings. The Bertz CT molecular complexity index is 160. The van der Waals surface area contributed by atoms with Gasteiger partial charge in [-0.2, -0.15) is 0 Å². The monoisotopic (exact) mass is 254 g/mol. The summed E-state index contributed by atoms with van der Waals surface area (Å²) < 4.78 is 4.91. The largest absolute Gasteiger partial charge is 0.396 e. The third kappa shape index (κ3) is 7.61. The Balaban J connectivity index is 3.68. The molecular formula is C10H22O7. The summed E-state index contributed by atoms with van der Waals surface area (Å²) in [6.45, 7) is -0.889. The highest BCUT2D eigenvalue weighted by Gasteiger charge is 2.19. The van der Waals surface area contributed by atoms with E-state index >= 15 is 0 Å². The maximum absolute atomic E-state index is 9.33. The van der Waals surface area contributed by atoms with Crippen molar-refractivity contribution in [3.63, 3.8) is 0 Å². The quantitative estimate of drug-likeness (QED) is 0.248. The van der Waals surface area contributed by atoms with E-state index < -0.39 is 24.4 Å². The van der Waals surface area contributed by atoms with Crippen molar-refractivity contribution in [2.24, 2.45) is 0 Å². The lowest BCUT2D eigenvalue weighted by molar-refractivity contribution is -0.0826. The number of rotatable bonds is 10. The summed E-state index contributed by atoms with van der Waals surface area (Å²) in [6, 6.07) is 0. The summed E-state index contributed by atoms with van der Waals surface area (Å²) in [5.74, 6) is 0. The molecule has 0 saturated heterocycles. The molecule has 0 aromatic heterocycles. The average Bonchev–Trinajstić information content (AvgIpc) is 2.29. The summed E-state index contributed by atoms with van der Waals surface area (Å²) in [7, 11) is 0. The predicted molar refractivity (Wildman–Crippen MR) is 58.3 cm³/mol. The van der Waals surface area contributed by atoms with Crippen LogP contribution < -0.4 is 0 Å². The van der Waals surface area contributed by atoms with Crippen molar-refractivity contribution >= 4 is 0 Å². The first-order chi connectivity index (χ1) is 8.02. The molecule has 0 fully saturated rings. The molecule has 0 aliphatic heterocycles. The molecule has 4 atom stereocenters. The van der Waals surface area contributed by atoms with Crippen molar-refractivity contribution in [1.29, 1.82) is 0 Å². The summed E-state index contributed by atoms with van der Waals surface area (Å²) in [5.41, 5.74) is 0. The number of aliphatic hydroxyl groups excluding tert-OH is 6. The van der Waals surface area contributed by atoms with Gasteiger partial charge in [0.05, 0.1) is 25.4 Å². The SMILES string of the molecule is OCCC(O)C(O)COCC(O)C(O)CCO. The highest BCUT2D eigenvalue weighted by atomic mass is 16.5. The molecule has 0 rings (SSSR count). The third-order valence-electron chi connectivity index (χ3n) is 2.32. The second-order valence-electron chi connectivity index (χ2n) is 3.83. The Hall–Kier alpha value is -0.280. The minimum absolute atomic E-state index is 0.0419. The Kier molecular flexibility index (Phi) is 9.56. The lowest BCUT2D eigenvalue weighted by Crippen LogP contribution is -2.35. The van der Waals surface area contributed by atoms with Gasteiger partial charge in [-0.3, -0.25) is 0 Å². The van der Waals surface area contributed by atoms with Crippen molar-refractivity contribution < 1.29 is 35.4 Å². The van der Waals surface area contributed by atoms with E-state index in [2.05, 4.69) is 0 Å². The molecule has 0 radical (unpaired) electrons. The second kappa shape index (κ2) is 9.72. The summed E-state index contributed by atoms with van der Waals surface area (Å²) in [4.78, 5) is 0. The Morgan fingerprint density at radius 3 is 1.29 bits per heavy atom. The average molecular weight is 254 g/mol. The Labute approximate surface area is 99.9 Å². The number of hydrogen-bond acceptors (Lipinski definition) is 7. The van der Waals surface area contributed by atoms with Crippen LogP contribution in [0.15, 0.2) is 0 Å². The number of hydrogen-bond donors (Lipinski definition) is 6. The van der Waals surface area contributed by atoms with Crippen LogP contribution in [0.25, 0.3) is 0 Å². The van der Waals surface area contributed by atoms with Crippen LogP contribution in [0.3, 0.4) is 0 Å². The molecule has 104 valence electrons. The summed E-state index contributed by atoms with van der Waals surface area (Å²) in [5, 5.41) is 54.2. The van der Waals surface area contributed by atoms with Gasteiger partial charge in [-0.25, -0.2) is 0 Å². The van der Waals surface area contributed by atoms with Crippen LogP contribution in [0.5, 0.6) is 0 Å². The van der Waals surface area contributed by atoms with Gasteiger partial charge in [0, 0.05) is 13.2 Å². The lowest BCUT2D eigenvalue weighted by Gasteiger charge is -2.20. The van der Waals surface area contributed by atoms with Crippen molar-refractivity contribution in [3.8, 4) is 0 Å². The molecule has 0 amide bonds. The van der Waals surface area contributed by atoms with Crippen LogP contribution in [0.2, 0.25) is 0 Å². The van der Waals surface area contributed by atoms with Crippen LogP contribution in [-0.4, -0.2) is 81.5 Å². The zero-order valence-electron chi connectivity index (χ0n) is 9.64. The zero-order valence-corrected chi connectivity index (χ0v) is 9.64. The number of aliphatic hydroxyl groups is 6. The minimum atomic E-state index is -1.15. The van der Waals surface area contributed by atoms with Gasteiger partial charge in [0.1, 0.15) is 12.2 Å². The maximum Gasteiger partial charge on any atom is 0.103 e. The van der Waals surface area contributed by atoms with Crippen molar-refractivity contribution in [3.05, 3.63) is 0 Å². The fourth-order valence-corrected chi connectivity index (χ4v) is 1.18. The molecule has 0 spiro atoms. The normalized spacial score (nSPS) is 18.7. The van der Waals surface area contributed by atoms with E-state index in [0.717, 1.165) is 0 Å². The van der Waals surface area contributed by atoms with E-state index in [1.54, 1.807) is 0 Å². The standard InChI is InChI=1S/C10H22O7/c11-3-1-7(13)9(15)5-17-6-10(16)8(14)2-4-12/h7-16H,1-6H2. The molecule has 0 aliphatic rings. The smallest absolute Gasteiger partial charge is 0.103 e. The first-order valence-electron chi connectivity index (χ1n) is 5.54. The fraction of sp³-hybridized carbons (Fsp3) is 1.00. The lowest BCUT2D eigenvalue weighted by atomic mass is 10.1. The van der Waals surface area contributed by atoms with Gasteiger partial charge in [0.15, 0.2) is 0 Å². The second-order valence-corrected chi connectivity index (χ2v) is 3.83. The third-order valence-corrected chi connectivity index (χ3v) is 2.32. The molecule has 7 heteroatoms. The topological polar surface area (TPSA) is 131 Å². The van der Waals surface area contributed by atoms with Crippen molar-refractivity contribution in [2.75, 3.05) is 26.4 Å². The van der Waals surface area contributed by atoms with Gasteiger partial charge in [-0.05, 0) is 12.8 Å². The van der Waals surface area contributed by atoms with Gasteiger partial charge in [-0.1, -0.05) is 0 Å². The first-order valence-corrected chi connectivity index (χ1v) is 5.54. The molecule has 0 saturated carbocycles. The van der Waals surface area contributed by atoms with Gasteiger partial charge >= 0.3 is 0 Å². The summed E-state index contributed by atoms with van der Waals surface area (Å²) >= 11 is 0. The Morgan fingerprint density at radius 2 is 1.00 bits per heavy atom. The molecule has 4 unspecified atom stereocenters. The highest BCUT2D eigenvalue weighted by molar-refractivity contribution is 4.69. The van der Waals surface area contributed by atoms with Crippen molar-refractivity contribution in [2.45, 2.75) is 37.3 Å². The zero-order chi connectivity index (χ0) is 13.3. The Morgan fingerprint density at radius 1 is 0.647 bits per heavy atom. The first kappa shape index (κ1) is 16.7. The molecule has 0 aromatic carbocycles. The van der Waals surface area contributed by atoms with Crippen molar-refractivity contribution in [1.82, 2.24) is 0 Å². The van der Waals surface area contributed by atoms with E-state index in [1.807, 2.05) is 0 Å². The predicted octanol–water partition coefficient (Wildman–Crippen LogP) is -2.79. The van der Waals surface area contributed by atoms with Gasteiger partial charge < -0.3 is 35.4 Å². The minimum Gasteiger partial charge on any atom is -0.396 e. The highest BCUT2D eigenvalue weighted by Crippen LogP contribution is 2.02. The van der Waals surface area contributed by atoms with E-state index in [4.69, 9.17) is 14.9 Å². The molecule has 7 nitrogen and oxygen atoms in total. The molecular weight excluding hydrogens is 232 g/mol. The van der Waals surface area contributed by atoms with Crippen LogP contribution >= 0.6 is 0 Å². The van der Waals surface area contributed by atoms with E-state index in [0.29, 0.717) is 0 Å². The van der Waals surface area contributed by atoms with E-state index in [9.17, 15) is 20.4 Å². The van der Waals surface area contributed by atoms with E-state index in [-0.39, 0.29) is 39.3 Å². The maximum atomic E-state index is 9.33. The molecule has 0 aliphatic carbocycles. The van der Waals surface area contributed by atoms with Crippen LogP contribution in [0.1, 0.15) is 12.8 Å². The van der Waals surface area contributed by atoms with Crippen LogP contribution in [0, 0.1) is 0 Å². The molecule has 0 bridgehead atoms. The molecule has 0 heterocycles. The van der Waals surface area contributed by atoms with Crippen LogP contribution in [0.4, 0.5) is 0 Å². The van der Waals surface area contributed by atoms with Crippen LogP contribution in [-0.2, 0) is 4.74 Å². The van der Waals surface area contributed by atoms with Gasteiger partial charge in [-0.15, -0.1) is 0 Å². The fourth-order valence-electron chi connectivity index (χ4n) is 1.18.